The van der Waals surface area contributed by atoms with Gasteiger partial charge in [0.2, 0.25) is 6.79 Å². The molecule has 1 aliphatic carbocycles. The van der Waals surface area contributed by atoms with E-state index in [1.54, 1.807) is 0 Å². The molecule has 2 fully saturated rings. The molecule has 2 heterocycles. The number of ether oxygens (including phenoxy) is 2. The van der Waals surface area contributed by atoms with Crippen LogP contribution in [0.3, 0.4) is 0 Å². The molecule has 3 aliphatic rings. The first-order chi connectivity index (χ1) is 9.35. The first-order valence-corrected chi connectivity index (χ1v) is 7.20. The first kappa shape index (κ1) is 11.6. The maximum atomic E-state index is 6.05. The Hall–Kier alpha value is -1.26. The summed E-state index contributed by atoms with van der Waals surface area (Å²) in [5, 5.41) is 0. The van der Waals surface area contributed by atoms with Crippen LogP contribution in [0.1, 0.15) is 30.9 Å². The Morgan fingerprint density at radius 2 is 2.16 bits per heavy atom. The summed E-state index contributed by atoms with van der Waals surface area (Å²) in [5.74, 6) is 2.61. The van der Waals surface area contributed by atoms with E-state index in [9.17, 15) is 0 Å². The van der Waals surface area contributed by atoms with Crippen LogP contribution in [0.15, 0.2) is 18.2 Å². The lowest BCUT2D eigenvalue weighted by molar-refractivity contribution is 0.152. The summed E-state index contributed by atoms with van der Waals surface area (Å²) in [6.07, 6.45) is 4.10. The Labute approximate surface area is 113 Å². The van der Waals surface area contributed by atoms with E-state index in [1.807, 2.05) is 6.07 Å². The third-order valence-corrected chi connectivity index (χ3v) is 4.86. The van der Waals surface area contributed by atoms with Gasteiger partial charge in [0.05, 0.1) is 0 Å². The van der Waals surface area contributed by atoms with E-state index in [1.165, 1.54) is 31.4 Å². The van der Waals surface area contributed by atoms with E-state index in [-0.39, 0.29) is 0 Å². The molecule has 1 saturated carbocycles. The number of rotatable bonds is 3. The van der Waals surface area contributed by atoms with E-state index < -0.39 is 0 Å². The van der Waals surface area contributed by atoms with Gasteiger partial charge in [-0.3, -0.25) is 4.90 Å². The lowest BCUT2D eigenvalue weighted by atomic mass is 10.0. The molecule has 4 rings (SSSR count). The summed E-state index contributed by atoms with van der Waals surface area (Å²) in [6, 6.07) is 7.31. The average molecular weight is 260 g/mol. The SMILES string of the molecule is NCC(c1ccc2c(c1)OCO2)N1CC2CCC1C2. The predicted molar refractivity (Wildman–Crippen MR) is 72.2 cm³/mol. The zero-order valence-corrected chi connectivity index (χ0v) is 11.0. The molecule has 1 saturated heterocycles. The van der Waals surface area contributed by atoms with Gasteiger partial charge in [0.15, 0.2) is 11.5 Å². The van der Waals surface area contributed by atoms with Gasteiger partial charge in [-0.2, -0.15) is 0 Å². The maximum Gasteiger partial charge on any atom is 0.231 e. The van der Waals surface area contributed by atoms with Crippen molar-refractivity contribution in [2.45, 2.75) is 31.3 Å². The Morgan fingerprint density at radius 1 is 1.26 bits per heavy atom. The van der Waals surface area contributed by atoms with Gasteiger partial charge in [0.25, 0.3) is 0 Å². The number of nitrogens with two attached hydrogens (primary N) is 1. The van der Waals surface area contributed by atoms with Crippen LogP contribution in [0.2, 0.25) is 0 Å². The number of fused-ring (bicyclic) bond motifs is 3. The van der Waals surface area contributed by atoms with Crippen molar-refractivity contribution in [2.75, 3.05) is 19.9 Å². The second-order valence-corrected chi connectivity index (χ2v) is 5.89. The highest BCUT2D eigenvalue weighted by Gasteiger charge is 2.41. The van der Waals surface area contributed by atoms with E-state index >= 15 is 0 Å². The molecule has 0 amide bonds. The normalized spacial score (nSPS) is 29.9. The van der Waals surface area contributed by atoms with Crippen LogP contribution < -0.4 is 15.2 Å². The monoisotopic (exact) mass is 260 g/mol. The van der Waals surface area contributed by atoms with Crippen LogP contribution in [0.25, 0.3) is 0 Å². The van der Waals surface area contributed by atoms with Crippen LogP contribution >= 0.6 is 0 Å². The van der Waals surface area contributed by atoms with Crippen molar-refractivity contribution in [1.29, 1.82) is 0 Å². The highest BCUT2D eigenvalue weighted by Crippen LogP contribution is 2.43. The second kappa shape index (κ2) is 4.39. The van der Waals surface area contributed by atoms with Gasteiger partial charge in [-0.15, -0.1) is 0 Å². The topological polar surface area (TPSA) is 47.7 Å². The van der Waals surface area contributed by atoms with Gasteiger partial charge in [0, 0.05) is 25.2 Å². The van der Waals surface area contributed by atoms with Crippen molar-refractivity contribution in [1.82, 2.24) is 4.90 Å². The fraction of sp³-hybridized carbons (Fsp3) is 0.600. The molecule has 4 nitrogen and oxygen atoms in total. The Morgan fingerprint density at radius 3 is 2.89 bits per heavy atom. The highest BCUT2D eigenvalue weighted by atomic mass is 16.7. The minimum Gasteiger partial charge on any atom is -0.454 e. The van der Waals surface area contributed by atoms with Crippen LogP contribution in [-0.2, 0) is 0 Å². The van der Waals surface area contributed by atoms with Crippen LogP contribution in [0.4, 0.5) is 0 Å². The fourth-order valence-corrected chi connectivity index (χ4v) is 3.93. The third kappa shape index (κ3) is 1.82. The third-order valence-electron chi connectivity index (χ3n) is 4.86. The Bertz CT molecular complexity index is 491. The van der Waals surface area contributed by atoms with E-state index in [2.05, 4.69) is 17.0 Å². The molecule has 0 radical (unpaired) electrons. The van der Waals surface area contributed by atoms with E-state index in [4.69, 9.17) is 15.2 Å². The first-order valence-electron chi connectivity index (χ1n) is 7.20. The van der Waals surface area contributed by atoms with E-state index in [0.29, 0.717) is 19.4 Å². The van der Waals surface area contributed by atoms with Gasteiger partial charge < -0.3 is 15.2 Å². The van der Waals surface area contributed by atoms with Gasteiger partial charge in [-0.1, -0.05) is 6.07 Å². The number of benzene rings is 1. The molecular formula is C15H20N2O2. The van der Waals surface area contributed by atoms with Gasteiger partial charge in [-0.25, -0.2) is 0 Å². The molecule has 2 bridgehead atoms. The molecule has 102 valence electrons. The van der Waals surface area contributed by atoms with Crippen molar-refractivity contribution in [3.8, 4) is 11.5 Å². The quantitative estimate of drug-likeness (QED) is 0.901. The lowest BCUT2D eigenvalue weighted by Gasteiger charge is -2.34. The summed E-state index contributed by atoms with van der Waals surface area (Å²) >= 11 is 0. The zero-order chi connectivity index (χ0) is 12.8. The highest BCUT2D eigenvalue weighted by molar-refractivity contribution is 5.45. The molecule has 4 heteroatoms. The van der Waals surface area contributed by atoms with Gasteiger partial charge >= 0.3 is 0 Å². The number of nitrogens with zero attached hydrogens (tertiary/aromatic N) is 1. The molecule has 1 aromatic carbocycles. The number of likely N-dealkylation sites (tertiary alicyclic amines) is 1. The molecule has 2 N–H and O–H groups in total. The summed E-state index contributed by atoms with van der Waals surface area (Å²) < 4.78 is 10.9. The molecule has 0 spiro atoms. The molecular weight excluding hydrogens is 240 g/mol. The number of hydrogen-bond acceptors (Lipinski definition) is 4. The zero-order valence-electron chi connectivity index (χ0n) is 11.0. The summed E-state index contributed by atoms with van der Waals surface area (Å²) in [4.78, 5) is 2.60. The lowest BCUT2D eigenvalue weighted by Crippen LogP contribution is -2.39. The van der Waals surface area contributed by atoms with Crippen molar-refractivity contribution < 1.29 is 9.47 Å². The minimum atomic E-state index is 0.324. The molecule has 3 atom stereocenters. The maximum absolute atomic E-state index is 6.05. The fourth-order valence-electron chi connectivity index (χ4n) is 3.93. The minimum absolute atomic E-state index is 0.324. The number of piperidine rings is 1. The molecule has 1 aromatic rings. The largest absolute Gasteiger partial charge is 0.454 e. The molecule has 3 unspecified atom stereocenters. The summed E-state index contributed by atoms with van der Waals surface area (Å²) in [5.41, 5.74) is 7.31. The standard InChI is InChI=1S/C15H20N2O2/c16-7-13(17-8-10-1-3-12(17)5-10)11-2-4-14-15(6-11)19-9-18-14/h2,4,6,10,12-13H,1,3,5,7-9,16H2. The van der Waals surface area contributed by atoms with Crippen molar-refractivity contribution >= 4 is 0 Å². The Balaban J connectivity index is 1.62. The van der Waals surface area contributed by atoms with Crippen LogP contribution in [0, 0.1) is 5.92 Å². The molecule has 0 aromatic heterocycles. The van der Waals surface area contributed by atoms with Gasteiger partial charge in [-0.05, 0) is 42.9 Å². The Kier molecular flexibility index (Phi) is 2.67. The van der Waals surface area contributed by atoms with Crippen LogP contribution in [-0.4, -0.2) is 30.8 Å². The average Bonchev–Trinajstić information content (AvgIpc) is 3.15. The molecule has 19 heavy (non-hydrogen) atoms. The van der Waals surface area contributed by atoms with Crippen molar-refractivity contribution in [3.05, 3.63) is 23.8 Å². The second-order valence-electron chi connectivity index (χ2n) is 5.89. The smallest absolute Gasteiger partial charge is 0.231 e. The van der Waals surface area contributed by atoms with E-state index in [0.717, 1.165) is 23.5 Å². The predicted octanol–water partition coefficient (Wildman–Crippen LogP) is 1.90. The van der Waals surface area contributed by atoms with Gasteiger partial charge in [0.1, 0.15) is 0 Å². The number of hydrogen-bond donors (Lipinski definition) is 1. The molecule has 2 aliphatic heterocycles. The summed E-state index contributed by atoms with van der Waals surface area (Å²) in [7, 11) is 0. The van der Waals surface area contributed by atoms with Crippen molar-refractivity contribution in [2.24, 2.45) is 11.7 Å². The summed E-state index contributed by atoms with van der Waals surface area (Å²) in [6.45, 7) is 2.21. The van der Waals surface area contributed by atoms with Crippen LogP contribution in [0.5, 0.6) is 11.5 Å². The van der Waals surface area contributed by atoms with Crippen molar-refractivity contribution in [3.63, 3.8) is 0 Å².